The van der Waals surface area contributed by atoms with Crippen molar-refractivity contribution in [3.8, 4) is 11.6 Å². The van der Waals surface area contributed by atoms with Crippen LogP contribution in [-0.2, 0) is 4.74 Å². The topological polar surface area (TPSA) is 48.3 Å². The molecule has 1 N–H and O–H groups in total. The van der Waals surface area contributed by atoms with E-state index in [0.717, 1.165) is 36.1 Å². The van der Waals surface area contributed by atoms with Gasteiger partial charge in [0.05, 0.1) is 23.2 Å². The second-order valence-corrected chi connectivity index (χ2v) is 5.84. The lowest BCUT2D eigenvalue weighted by molar-refractivity contribution is -0.000505. The van der Waals surface area contributed by atoms with Gasteiger partial charge in [0.1, 0.15) is 12.7 Å². The fourth-order valence-electron chi connectivity index (χ4n) is 2.86. The minimum atomic E-state index is -0.916. The van der Waals surface area contributed by atoms with E-state index in [2.05, 4.69) is 10.4 Å². The third-order valence-corrected chi connectivity index (χ3v) is 4.11. The first-order chi connectivity index (χ1) is 12.2. The number of nitrogens with zero attached hydrogens (tertiary/aromatic N) is 2. The van der Waals surface area contributed by atoms with E-state index in [9.17, 15) is 8.78 Å². The lowest BCUT2D eigenvalue weighted by atomic mass is 10.2. The van der Waals surface area contributed by atoms with Gasteiger partial charge in [-0.1, -0.05) is 12.1 Å². The summed E-state index contributed by atoms with van der Waals surface area (Å²) in [6.07, 6.45) is -0.0408. The molecule has 130 valence electrons. The zero-order chi connectivity index (χ0) is 17.2. The molecule has 0 aliphatic carbocycles. The number of ether oxygens (including phenoxy) is 2. The largest absolute Gasteiger partial charge is 0.473 e. The van der Waals surface area contributed by atoms with Gasteiger partial charge in [0.25, 0.3) is 0 Å². The molecular weight excluding hydrogens is 328 g/mol. The van der Waals surface area contributed by atoms with Gasteiger partial charge in [-0.3, -0.25) is 0 Å². The fraction of sp³-hybridized carbons (Fsp3) is 0.278. The highest BCUT2D eigenvalue weighted by atomic mass is 19.2. The van der Waals surface area contributed by atoms with Gasteiger partial charge in [-0.15, -0.1) is 5.10 Å². The molecule has 0 amide bonds. The van der Waals surface area contributed by atoms with Gasteiger partial charge >= 0.3 is 0 Å². The Balaban J connectivity index is 1.67. The molecule has 1 saturated heterocycles. The molecule has 25 heavy (non-hydrogen) atoms. The van der Waals surface area contributed by atoms with Crippen molar-refractivity contribution in [3.05, 3.63) is 54.1 Å². The molecular formula is C18H17F2N3O2. The minimum Gasteiger partial charge on any atom is -0.473 e. The highest BCUT2D eigenvalue weighted by molar-refractivity contribution is 5.85. The van der Waals surface area contributed by atoms with Crippen LogP contribution >= 0.6 is 0 Å². The smallest absolute Gasteiger partial charge is 0.241 e. The molecule has 1 atom stereocenters. The van der Waals surface area contributed by atoms with Crippen LogP contribution in [0.5, 0.6) is 5.88 Å². The zero-order valence-corrected chi connectivity index (χ0v) is 13.4. The van der Waals surface area contributed by atoms with Gasteiger partial charge in [-0.25, -0.2) is 13.5 Å². The van der Waals surface area contributed by atoms with E-state index in [1.54, 1.807) is 4.68 Å². The van der Waals surface area contributed by atoms with Crippen LogP contribution in [0.3, 0.4) is 0 Å². The Bertz CT molecular complexity index is 891. The van der Waals surface area contributed by atoms with Crippen molar-refractivity contribution in [2.24, 2.45) is 0 Å². The summed E-state index contributed by atoms with van der Waals surface area (Å²) < 4.78 is 39.8. The molecule has 1 aliphatic rings. The molecule has 0 spiro atoms. The van der Waals surface area contributed by atoms with Crippen molar-refractivity contribution in [1.82, 2.24) is 15.1 Å². The quantitative estimate of drug-likeness (QED) is 0.790. The van der Waals surface area contributed by atoms with Crippen LogP contribution in [-0.4, -0.2) is 42.2 Å². The van der Waals surface area contributed by atoms with E-state index < -0.39 is 11.6 Å². The number of nitrogens with one attached hydrogen (secondary N) is 1. The van der Waals surface area contributed by atoms with Gasteiger partial charge in [-0.05, 0) is 24.3 Å². The van der Waals surface area contributed by atoms with Crippen LogP contribution in [0.4, 0.5) is 8.78 Å². The maximum absolute atomic E-state index is 13.6. The highest BCUT2D eigenvalue weighted by Gasteiger charge is 2.18. The Morgan fingerprint density at radius 3 is 2.88 bits per heavy atom. The summed E-state index contributed by atoms with van der Waals surface area (Å²) >= 11 is 0. The predicted molar refractivity (Wildman–Crippen MR) is 89.1 cm³/mol. The molecule has 4 rings (SSSR count). The predicted octanol–water partition coefficient (Wildman–Crippen LogP) is 2.67. The number of rotatable bonds is 4. The molecule has 0 saturated carbocycles. The highest BCUT2D eigenvalue weighted by Crippen LogP contribution is 2.28. The lowest BCUT2D eigenvalue weighted by Crippen LogP contribution is -2.41. The number of para-hydroxylation sites is 1. The molecule has 7 heteroatoms. The minimum absolute atomic E-state index is 0.0408. The first kappa shape index (κ1) is 16.0. The summed E-state index contributed by atoms with van der Waals surface area (Å²) in [5.74, 6) is -1.37. The van der Waals surface area contributed by atoms with E-state index in [1.807, 2.05) is 24.3 Å². The summed E-state index contributed by atoms with van der Waals surface area (Å²) in [5.41, 5.74) is 1.19. The molecule has 2 aromatic carbocycles. The number of hydrogen-bond donors (Lipinski definition) is 1. The van der Waals surface area contributed by atoms with Crippen LogP contribution < -0.4 is 10.1 Å². The third kappa shape index (κ3) is 3.20. The number of fused-ring (bicyclic) bond motifs is 1. The molecule has 1 aromatic heterocycles. The zero-order valence-electron chi connectivity index (χ0n) is 13.4. The van der Waals surface area contributed by atoms with Gasteiger partial charge < -0.3 is 14.8 Å². The fourth-order valence-corrected chi connectivity index (χ4v) is 2.86. The molecule has 0 bridgehead atoms. The van der Waals surface area contributed by atoms with Crippen LogP contribution in [0.2, 0.25) is 0 Å². The van der Waals surface area contributed by atoms with Crippen molar-refractivity contribution in [2.75, 3.05) is 26.3 Å². The number of halogens is 2. The molecule has 1 unspecified atom stereocenters. The van der Waals surface area contributed by atoms with Crippen molar-refractivity contribution < 1.29 is 18.3 Å². The second kappa shape index (κ2) is 6.78. The van der Waals surface area contributed by atoms with Crippen molar-refractivity contribution in [2.45, 2.75) is 6.10 Å². The standard InChI is InChI=1S/C18H17F2N3O2/c19-15-6-5-12(9-16(15)20)23-17-4-2-1-3-14(17)18(22-23)25-11-13-10-21-7-8-24-13/h1-6,9,13,21H,7-8,10-11H2. The average molecular weight is 345 g/mol. The summed E-state index contributed by atoms with van der Waals surface area (Å²) in [6.45, 7) is 2.58. The number of hydrogen-bond acceptors (Lipinski definition) is 4. The first-order valence-electron chi connectivity index (χ1n) is 8.10. The summed E-state index contributed by atoms with van der Waals surface area (Å²) in [7, 11) is 0. The van der Waals surface area contributed by atoms with Crippen LogP contribution in [0.1, 0.15) is 0 Å². The summed E-state index contributed by atoms with van der Waals surface area (Å²) in [6, 6.07) is 11.2. The SMILES string of the molecule is Fc1ccc(-n2nc(OCC3CNCCO3)c3ccccc32)cc1F. The van der Waals surface area contributed by atoms with Crippen LogP contribution in [0, 0.1) is 11.6 Å². The normalized spacial score (nSPS) is 17.8. The third-order valence-electron chi connectivity index (χ3n) is 4.11. The van der Waals surface area contributed by atoms with Crippen LogP contribution in [0.25, 0.3) is 16.6 Å². The van der Waals surface area contributed by atoms with Gasteiger partial charge in [0.15, 0.2) is 11.6 Å². The maximum atomic E-state index is 13.6. The maximum Gasteiger partial charge on any atom is 0.241 e. The second-order valence-electron chi connectivity index (χ2n) is 5.84. The Labute approximate surface area is 143 Å². The van der Waals surface area contributed by atoms with Gasteiger partial charge in [0.2, 0.25) is 5.88 Å². The molecule has 3 aromatic rings. The molecule has 1 fully saturated rings. The lowest BCUT2D eigenvalue weighted by Gasteiger charge is -2.23. The Hall–Kier alpha value is -2.51. The molecule has 1 aliphatic heterocycles. The van der Waals surface area contributed by atoms with E-state index in [-0.39, 0.29) is 6.10 Å². The van der Waals surface area contributed by atoms with Gasteiger partial charge in [0, 0.05) is 19.2 Å². The number of aromatic nitrogens is 2. The van der Waals surface area contributed by atoms with E-state index in [0.29, 0.717) is 24.8 Å². The molecule has 2 heterocycles. The molecule has 5 nitrogen and oxygen atoms in total. The molecule has 0 radical (unpaired) electrons. The summed E-state index contributed by atoms with van der Waals surface area (Å²) in [5, 5.41) is 8.49. The van der Waals surface area contributed by atoms with Crippen molar-refractivity contribution in [1.29, 1.82) is 0 Å². The monoisotopic (exact) mass is 345 g/mol. The van der Waals surface area contributed by atoms with E-state index >= 15 is 0 Å². The van der Waals surface area contributed by atoms with Gasteiger partial charge in [-0.2, -0.15) is 0 Å². The Kier molecular flexibility index (Phi) is 4.33. The van der Waals surface area contributed by atoms with E-state index in [1.165, 1.54) is 6.07 Å². The van der Waals surface area contributed by atoms with E-state index in [4.69, 9.17) is 9.47 Å². The van der Waals surface area contributed by atoms with Crippen LogP contribution in [0.15, 0.2) is 42.5 Å². The van der Waals surface area contributed by atoms with Crippen molar-refractivity contribution in [3.63, 3.8) is 0 Å². The number of morpholine rings is 1. The Morgan fingerprint density at radius 2 is 2.08 bits per heavy atom. The summed E-state index contributed by atoms with van der Waals surface area (Å²) in [4.78, 5) is 0. The average Bonchev–Trinajstić information content (AvgIpc) is 3.02. The Morgan fingerprint density at radius 1 is 1.20 bits per heavy atom. The van der Waals surface area contributed by atoms with Crippen molar-refractivity contribution >= 4 is 10.9 Å². The number of benzene rings is 2. The first-order valence-corrected chi connectivity index (χ1v) is 8.10.